The largest absolute Gasteiger partial charge is 0.456 e. The summed E-state index contributed by atoms with van der Waals surface area (Å²) in [7, 11) is 0. The molecule has 142 valence electrons. The number of benzene rings is 2. The molecule has 4 nitrogen and oxygen atoms in total. The Morgan fingerprint density at radius 2 is 1.71 bits per heavy atom. The molecule has 1 atom stereocenters. The van der Waals surface area contributed by atoms with Crippen LogP contribution in [-0.4, -0.2) is 28.9 Å². The first-order valence-corrected chi connectivity index (χ1v) is 9.82. The number of hydrogen-bond acceptors (Lipinski definition) is 3. The number of ether oxygens (including phenoxy) is 1. The van der Waals surface area contributed by atoms with Gasteiger partial charge < -0.3 is 9.64 Å². The Morgan fingerprint density at radius 1 is 0.893 bits per heavy atom. The van der Waals surface area contributed by atoms with E-state index in [2.05, 4.69) is 35.3 Å². The van der Waals surface area contributed by atoms with Crippen molar-refractivity contribution in [2.24, 2.45) is 0 Å². The van der Waals surface area contributed by atoms with Crippen LogP contribution >= 0.6 is 0 Å². The third-order valence-corrected chi connectivity index (χ3v) is 5.26. The number of rotatable bonds is 4. The maximum absolute atomic E-state index is 12.9. The van der Waals surface area contributed by atoms with Crippen molar-refractivity contribution in [1.82, 2.24) is 9.88 Å². The molecule has 1 saturated heterocycles. The van der Waals surface area contributed by atoms with Crippen LogP contribution in [0.3, 0.4) is 0 Å². The maximum Gasteiger partial charge on any atom is 0.253 e. The predicted octanol–water partition coefficient (Wildman–Crippen LogP) is 5.28. The van der Waals surface area contributed by atoms with Crippen LogP contribution in [-0.2, 0) is 0 Å². The molecule has 4 heteroatoms. The molecule has 0 spiro atoms. The van der Waals surface area contributed by atoms with Gasteiger partial charge in [0.25, 0.3) is 5.91 Å². The number of nitrogens with zero attached hydrogens (tertiary/aromatic N) is 2. The van der Waals surface area contributed by atoms with Crippen molar-refractivity contribution < 1.29 is 9.53 Å². The van der Waals surface area contributed by atoms with Gasteiger partial charge in [0.15, 0.2) is 0 Å². The lowest BCUT2D eigenvalue weighted by atomic mass is 9.92. The minimum Gasteiger partial charge on any atom is -0.456 e. The zero-order valence-electron chi connectivity index (χ0n) is 15.8. The van der Waals surface area contributed by atoms with Crippen LogP contribution in [0.2, 0.25) is 0 Å². The number of hydrogen-bond donors (Lipinski definition) is 0. The SMILES string of the molecule is O=C(c1ccc(Oc2cccnc2)cc1)N1CCCC(c2ccccc2)CC1. The third kappa shape index (κ3) is 4.39. The fraction of sp³-hybridized carbons (Fsp3) is 0.250. The summed E-state index contributed by atoms with van der Waals surface area (Å²) in [5, 5.41) is 0. The van der Waals surface area contributed by atoms with Crippen LogP contribution < -0.4 is 4.74 Å². The number of amides is 1. The minimum absolute atomic E-state index is 0.0987. The molecular weight excluding hydrogens is 348 g/mol. The average Bonchev–Trinajstić information content (AvgIpc) is 3.02. The normalized spacial score (nSPS) is 17.0. The van der Waals surface area contributed by atoms with E-state index in [0.29, 0.717) is 23.0 Å². The third-order valence-electron chi connectivity index (χ3n) is 5.26. The zero-order valence-corrected chi connectivity index (χ0v) is 15.8. The van der Waals surface area contributed by atoms with Gasteiger partial charge in [-0.05, 0) is 67.1 Å². The summed E-state index contributed by atoms with van der Waals surface area (Å²) in [4.78, 5) is 19.0. The van der Waals surface area contributed by atoms with E-state index in [9.17, 15) is 4.79 Å². The molecule has 0 aliphatic carbocycles. The fourth-order valence-corrected chi connectivity index (χ4v) is 3.75. The van der Waals surface area contributed by atoms with Crippen molar-refractivity contribution >= 4 is 5.91 Å². The van der Waals surface area contributed by atoms with Gasteiger partial charge in [0.1, 0.15) is 11.5 Å². The van der Waals surface area contributed by atoms with Crippen LogP contribution in [0.1, 0.15) is 41.1 Å². The fourth-order valence-electron chi connectivity index (χ4n) is 3.75. The molecule has 1 amide bonds. The van der Waals surface area contributed by atoms with Gasteiger partial charge >= 0.3 is 0 Å². The lowest BCUT2D eigenvalue weighted by molar-refractivity contribution is 0.0761. The highest BCUT2D eigenvalue weighted by molar-refractivity contribution is 5.94. The van der Waals surface area contributed by atoms with Crippen LogP contribution in [0.15, 0.2) is 79.1 Å². The van der Waals surface area contributed by atoms with E-state index in [-0.39, 0.29) is 5.91 Å². The predicted molar refractivity (Wildman–Crippen MR) is 110 cm³/mol. The monoisotopic (exact) mass is 372 g/mol. The number of likely N-dealkylation sites (tertiary alicyclic amines) is 1. The lowest BCUT2D eigenvalue weighted by Gasteiger charge is -2.21. The summed E-state index contributed by atoms with van der Waals surface area (Å²) in [6, 6.07) is 21.7. The van der Waals surface area contributed by atoms with Crippen LogP contribution in [0.5, 0.6) is 11.5 Å². The minimum atomic E-state index is 0.0987. The second-order valence-electron chi connectivity index (χ2n) is 7.15. The molecule has 2 heterocycles. The van der Waals surface area contributed by atoms with Gasteiger partial charge in [-0.3, -0.25) is 9.78 Å². The summed E-state index contributed by atoms with van der Waals surface area (Å²) < 4.78 is 5.75. The van der Waals surface area contributed by atoms with E-state index < -0.39 is 0 Å². The van der Waals surface area contributed by atoms with Crippen molar-refractivity contribution in [2.75, 3.05) is 13.1 Å². The second kappa shape index (κ2) is 8.70. The maximum atomic E-state index is 12.9. The van der Waals surface area contributed by atoms with Crippen LogP contribution in [0.25, 0.3) is 0 Å². The summed E-state index contributed by atoms with van der Waals surface area (Å²) in [6.07, 6.45) is 6.55. The highest BCUT2D eigenvalue weighted by Gasteiger charge is 2.22. The Bertz CT molecular complexity index is 895. The molecule has 0 saturated carbocycles. The molecule has 28 heavy (non-hydrogen) atoms. The number of carbonyl (C=O) groups excluding carboxylic acids is 1. The smallest absolute Gasteiger partial charge is 0.253 e. The van der Waals surface area contributed by atoms with Gasteiger partial charge in [0.05, 0.1) is 6.20 Å². The van der Waals surface area contributed by atoms with E-state index in [0.717, 1.165) is 32.4 Å². The average molecular weight is 372 g/mol. The molecule has 0 bridgehead atoms. The van der Waals surface area contributed by atoms with Gasteiger partial charge in [-0.25, -0.2) is 0 Å². The van der Waals surface area contributed by atoms with E-state index in [4.69, 9.17) is 4.74 Å². The van der Waals surface area contributed by atoms with E-state index in [1.54, 1.807) is 12.4 Å². The highest BCUT2D eigenvalue weighted by atomic mass is 16.5. The Balaban J connectivity index is 1.39. The Hall–Kier alpha value is -3.14. The standard InChI is InChI=1S/C24H24N2O2/c27-24(21-10-12-22(13-11-21)28-23-9-4-15-25-18-23)26-16-5-8-20(14-17-26)19-6-2-1-3-7-19/h1-4,6-7,9-13,15,18,20H,5,8,14,16-17H2. The van der Waals surface area contributed by atoms with Gasteiger partial charge in [0, 0.05) is 24.8 Å². The molecule has 0 N–H and O–H groups in total. The first-order valence-electron chi connectivity index (χ1n) is 9.82. The van der Waals surface area contributed by atoms with Gasteiger partial charge in [-0.15, -0.1) is 0 Å². The molecule has 3 aromatic rings. The van der Waals surface area contributed by atoms with Crippen LogP contribution in [0.4, 0.5) is 0 Å². The number of carbonyl (C=O) groups is 1. The molecule has 2 aromatic carbocycles. The first kappa shape index (κ1) is 18.2. The summed E-state index contributed by atoms with van der Waals surface area (Å²) >= 11 is 0. The Labute approximate surface area is 165 Å². The Kier molecular flexibility index (Phi) is 5.66. The van der Waals surface area contributed by atoms with Crippen molar-refractivity contribution in [2.45, 2.75) is 25.2 Å². The van der Waals surface area contributed by atoms with E-state index >= 15 is 0 Å². The quantitative estimate of drug-likeness (QED) is 0.625. The molecule has 1 fully saturated rings. The summed E-state index contributed by atoms with van der Waals surface area (Å²) in [5.41, 5.74) is 2.09. The van der Waals surface area contributed by atoms with Crippen molar-refractivity contribution in [1.29, 1.82) is 0 Å². The van der Waals surface area contributed by atoms with Gasteiger partial charge in [-0.1, -0.05) is 30.3 Å². The Morgan fingerprint density at radius 3 is 2.46 bits per heavy atom. The summed E-state index contributed by atoms with van der Waals surface area (Å²) in [5.74, 6) is 2.02. The number of pyridine rings is 1. The highest BCUT2D eigenvalue weighted by Crippen LogP contribution is 2.28. The van der Waals surface area contributed by atoms with Gasteiger partial charge in [0.2, 0.25) is 0 Å². The van der Waals surface area contributed by atoms with Crippen LogP contribution in [0, 0.1) is 0 Å². The molecule has 1 aromatic heterocycles. The van der Waals surface area contributed by atoms with Crippen molar-refractivity contribution in [3.05, 3.63) is 90.3 Å². The molecule has 4 rings (SSSR count). The summed E-state index contributed by atoms with van der Waals surface area (Å²) in [6.45, 7) is 1.61. The molecule has 1 unspecified atom stereocenters. The topological polar surface area (TPSA) is 42.4 Å². The first-order chi connectivity index (χ1) is 13.8. The molecule has 1 aliphatic heterocycles. The zero-order chi connectivity index (χ0) is 19.2. The lowest BCUT2D eigenvalue weighted by Crippen LogP contribution is -2.31. The van der Waals surface area contributed by atoms with E-state index in [1.807, 2.05) is 41.3 Å². The molecule has 0 radical (unpaired) electrons. The van der Waals surface area contributed by atoms with Crippen molar-refractivity contribution in [3.8, 4) is 11.5 Å². The molecular formula is C24H24N2O2. The second-order valence-corrected chi connectivity index (χ2v) is 7.15. The van der Waals surface area contributed by atoms with Gasteiger partial charge in [-0.2, -0.15) is 0 Å². The van der Waals surface area contributed by atoms with E-state index in [1.165, 1.54) is 5.56 Å². The molecule has 1 aliphatic rings. The van der Waals surface area contributed by atoms with Crippen molar-refractivity contribution in [3.63, 3.8) is 0 Å². The number of aromatic nitrogens is 1.